The second kappa shape index (κ2) is 1.90. The lowest BCUT2D eigenvalue weighted by atomic mass is 10.2. The van der Waals surface area contributed by atoms with Crippen molar-refractivity contribution in [2.45, 2.75) is 18.6 Å². The third kappa shape index (κ3) is 1.06. The minimum Gasteiger partial charge on any atom is -0.335 e. The number of hydrogen-bond acceptors (Lipinski definition) is 2. The Kier molecular flexibility index (Phi) is 1.47. The molecule has 1 aliphatic rings. The molecule has 3 heteroatoms. The van der Waals surface area contributed by atoms with Gasteiger partial charge in [0.05, 0.1) is 10.6 Å². The van der Waals surface area contributed by atoms with Crippen LogP contribution in [0.25, 0.3) is 0 Å². The van der Waals surface area contributed by atoms with Crippen LogP contribution in [0, 0.1) is 0 Å². The average molecular weight is 145 g/mol. The zero-order chi connectivity index (χ0) is 7.07. The van der Waals surface area contributed by atoms with Crippen LogP contribution < -0.4 is 0 Å². The maximum atomic E-state index is 11.1. The minimum absolute atomic E-state index is 0.172. The van der Waals surface area contributed by atoms with Gasteiger partial charge in [0.25, 0.3) is 0 Å². The monoisotopic (exact) mass is 145 g/mol. The Bertz CT molecular complexity index is 144. The predicted octanol–water partition coefficient (Wildman–Crippen LogP) is 0.928. The van der Waals surface area contributed by atoms with Crippen LogP contribution in [-0.2, 0) is 4.79 Å². The van der Waals surface area contributed by atoms with Crippen LogP contribution >= 0.6 is 11.8 Å². The summed E-state index contributed by atoms with van der Waals surface area (Å²) in [6.07, 6.45) is 0. The van der Waals surface area contributed by atoms with Gasteiger partial charge in [0.1, 0.15) is 0 Å². The summed E-state index contributed by atoms with van der Waals surface area (Å²) in [6, 6.07) is 0. The SMILES string of the molecule is CN1CSC(C)(C)C1=O. The highest BCUT2D eigenvalue weighted by Crippen LogP contribution is 2.32. The predicted molar refractivity (Wildman–Crippen MR) is 39.3 cm³/mol. The molecule has 0 aromatic carbocycles. The van der Waals surface area contributed by atoms with Crippen LogP contribution in [0.4, 0.5) is 0 Å². The van der Waals surface area contributed by atoms with Crippen LogP contribution in [0.15, 0.2) is 0 Å². The van der Waals surface area contributed by atoms with Crippen LogP contribution in [0.1, 0.15) is 13.8 Å². The summed E-state index contributed by atoms with van der Waals surface area (Å²) in [5, 5.41) is 0. The molecule has 0 aromatic rings. The summed E-state index contributed by atoms with van der Waals surface area (Å²) in [5.74, 6) is 1.08. The van der Waals surface area contributed by atoms with E-state index in [1.54, 1.807) is 16.7 Å². The zero-order valence-electron chi connectivity index (χ0n) is 5.97. The molecule has 0 N–H and O–H groups in total. The second-order valence-corrected chi connectivity index (χ2v) is 4.35. The van der Waals surface area contributed by atoms with E-state index in [4.69, 9.17) is 0 Å². The van der Waals surface area contributed by atoms with Gasteiger partial charge >= 0.3 is 0 Å². The molecule has 1 fully saturated rings. The maximum Gasteiger partial charge on any atom is 0.238 e. The molecule has 9 heavy (non-hydrogen) atoms. The fourth-order valence-electron chi connectivity index (χ4n) is 0.838. The molecule has 1 rings (SSSR count). The highest BCUT2D eigenvalue weighted by molar-refractivity contribution is 8.01. The third-order valence-corrected chi connectivity index (χ3v) is 2.89. The number of hydrogen-bond donors (Lipinski definition) is 0. The van der Waals surface area contributed by atoms with Gasteiger partial charge in [-0.2, -0.15) is 0 Å². The number of carbonyl (C=O) groups is 1. The molecule has 0 aliphatic carbocycles. The van der Waals surface area contributed by atoms with Gasteiger partial charge in [-0.15, -0.1) is 11.8 Å². The molecule has 52 valence electrons. The normalized spacial score (nSPS) is 25.2. The number of rotatable bonds is 0. The van der Waals surface area contributed by atoms with Gasteiger partial charge in [-0.3, -0.25) is 4.79 Å². The molecular formula is C6H11NOS. The van der Waals surface area contributed by atoms with E-state index < -0.39 is 0 Å². The molecule has 1 amide bonds. The molecule has 0 aromatic heterocycles. The molecule has 0 spiro atoms. The number of carbonyl (C=O) groups excluding carboxylic acids is 1. The van der Waals surface area contributed by atoms with E-state index in [1.165, 1.54) is 0 Å². The lowest BCUT2D eigenvalue weighted by Gasteiger charge is -2.12. The number of nitrogens with zero attached hydrogens (tertiary/aromatic N) is 1. The molecule has 1 aliphatic heterocycles. The number of amides is 1. The van der Waals surface area contributed by atoms with E-state index in [9.17, 15) is 4.79 Å². The van der Waals surface area contributed by atoms with Crippen molar-refractivity contribution in [3.8, 4) is 0 Å². The first-order chi connectivity index (χ1) is 4.04. The van der Waals surface area contributed by atoms with Crippen molar-refractivity contribution in [3.63, 3.8) is 0 Å². The standard InChI is InChI=1S/C6H11NOS/c1-6(2)5(8)7(3)4-9-6/h4H2,1-3H3. The smallest absolute Gasteiger partial charge is 0.238 e. The highest BCUT2D eigenvalue weighted by atomic mass is 32.2. The van der Waals surface area contributed by atoms with Crippen molar-refractivity contribution in [2.24, 2.45) is 0 Å². The molecule has 1 saturated heterocycles. The molecule has 0 atom stereocenters. The van der Waals surface area contributed by atoms with Crippen LogP contribution in [0.2, 0.25) is 0 Å². The second-order valence-electron chi connectivity index (χ2n) is 2.79. The quantitative estimate of drug-likeness (QED) is 0.505. The van der Waals surface area contributed by atoms with Gasteiger partial charge in [0.15, 0.2) is 0 Å². The van der Waals surface area contributed by atoms with Crippen LogP contribution in [-0.4, -0.2) is 28.5 Å². The zero-order valence-corrected chi connectivity index (χ0v) is 6.79. The first-order valence-corrected chi connectivity index (χ1v) is 3.92. The van der Waals surface area contributed by atoms with Crippen molar-refractivity contribution in [2.75, 3.05) is 12.9 Å². The molecule has 0 saturated carbocycles. The first-order valence-electron chi connectivity index (χ1n) is 2.93. The van der Waals surface area contributed by atoms with E-state index in [2.05, 4.69) is 0 Å². The molecule has 2 nitrogen and oxygen atoms in total. The average Bonchev–Trinajstić information content (AvgIpc) is 1.97. The van der Waals surface area contributed by atoms with Crippen LogP contribution in [0.3, 0.4) is 0 Å². The fraction of sp³-hybridized carbons (Fsp3) is 0.833. The molecule has 0 bridgehead atoms. The summed E-state index contributed by atoms with van der Waals surface area (Å²) in [6.45, 7) is 3.92. The largest absolute Gasteiger partial charge is 0.335 e. The summed E-state index contributed by atoms with van der Waals surface area (Å²) < 4.78 is -0.172. The van der Waals surface area contributed by atoms with Gasteiger partial charge in [-0.25, -0.2) is 0 Å². The Hall–Kier alpha value is -0.180. The van der Waals surface area contributed by atoms with Crippen molar-refractivity contribution in [3.05, 3.63) is 0 Å². The Morgan fingerprint density at radius 3 is 2.33 bits per heavy atom. The molecule has 1 heterocycles. The Morgan fingerprint density at radius 1 is 1.67 bits per heavy atom. The lowest BCUT2D eigenvalue weighted by molar-refractivity contribution is -0.129. The minimum atomic E-state index is -0.172. The third-order valence-electron chi connectivity index (χ3n) is 1.48. The highest BCUT2D eigenvalue weighted by Gasteiger charge is 2.37. The van der Waals surface area contributed by atoms with Gasteiger partial charge < -0.3 is 4.90 Å². The van der Waals surface area contributed by atoms with Gasteiger partial charge in [0.2, 0.25) is 5.91 Å². The van der Waals surface area contributed by atoms with Gasteiger partial charge in [0, 0.05) is 7.05 Å². The van der Waals surface area contributed by atoms with Gasteiger partial charge in [-0.1, -0.05) is 0 Å². The fourth-order valence-corrected chi connectivity index (χ4v) is 1.75. The summed E-state index contributed by atoms with van der Waals surface area (Å²) >= 11 is 1.69. The van der Waals surface area contributed by atoms with E-state index in [1.807, 2.05) is 20.9 Å². The lowest BCUT2D eigenvalue weighted by Crippen LogP contribution is -2.31. The van der Waals surface area contributed by atoms with Crippen LogP contribution in [0.5, 0.6) is 0 Å². The summed E-state index contributed by atoms with van der Waals surface area (Å²) in [5.41, 5.74) is 0. The van der Waals surface area contributed by atoms with Gasteiger partial charge in [-0.05, 0) is 13.8 Å². The maximum absolute atomic E-state index is 11.1. The van der Waals surface area contributed by atoms with E-state index in [-0.39, 0.29) is 10.7 Å². The Balaban J connectivity index is 2.74. The van der Waals surface area contributed by atoms with Crippen molar-refractivity contribution in [1.82, 2.24) is 4.90 Å². The van der Waals surface area contributed by atoms with Crippen molar-refractivity contribution < 1.29 is 4.79 Å². The summed E-state index contributed by atoms with van der Waals surface area (Å²) in [4.78, 5) is 12.9. The first kappa shape index (κ1) is 6.93. The van der Waals surface area contributed by atoms with Crippen molar-refractivity contribution in [1.29, 1.82) is 0 Å². The molecule has 0 unspecified atom stereocenters. The van der Waals surface area contributed by atoms with E-state index in [0.717, 1.165) is 5.88 Å². The Labute approximate surface area is 59.6 Å². The van der Waals surface area contributed by atoms with Crippen molar-refractivity contribution >= 4 is 17.7 Å². The van der Waals surface area contributed by atoms with E-state index in [0.29, 0.717) is 0 Å². The molecule has 0 radical (unpaired) electrons. The molecular weight excluding hydrogens is 134 g/mol. The number of thioether (sulfide) groups is 1. The van der Waals surface area contributed by atoms with E-state index >= 15 is 0 Å². The summed E-state index contributed by atoms with van der Waals surface area (Å²) in [7, 11) is 1.84. The topological polar surface area (TPSA) is 20.3 Å². The Morgan fingerprint density at radius 2 is 2.22 bits per heavy atom.